The molecule has 2 N–H and O–H groups in total. The number of methoxy groups -OCH3 is 1. The van der Waals surface area contributed by atoms with E-state index in [-0.39, 0.29) is 11.0 Å². The van der Waals surface area contributed by atoms with Crippen molar-refractivity contribution < 1.29 is 14.3 Å². The van der Waals surface area contributed by atoms with Crippen LogP contribution < -0.4 is 20.1 Å². The number of amides is 1. The Morgan fingerprint density at radius 1 is 1.00 bits per heavy atom. The average Bonchev–Trinajstić information content (AvgIpc) is 2.70. The molecule has 0 fully saturated rings. The van der Waals surface area contributed by atoms with E-state index in [1.807, 2.05) is 24.3 Å². The molecule has 0 spiro atoms. The monoisotopic (exact) mass is 386 g/mol. The molecule has 27 heavy (non-hydrogen) atoms. The van der Waals surface area contributed by atoms with Crippen molar-refractivity contribution in [2.75, 3.05) is 13.7 Å². The Morgan fingerprint density at radius 2 is 1.67 bits per heavy atom. The summed E-state index contributed by atoms with van der Waals surface area (Å²) in [6.07, 6.45) is 3.35. The van der Waals surface area contributed by atoms with Gasteiger partial charge < -0.3 is 14.8 Å². The Labute approximate surface area is 166 Å². The van der Waals surface area contributed by atoms with Crippen molar-refractivity contribution in [2.45, 2.75) is 32.7 Å². The number of hydrogen-bond acceptors (Lipinski definition) is 4. The zero-order valence-corrected chi connectivity index (χ0v) is 16.6. The predicted octanol–water partition coefficient (Wildman–Crippen LogP) is 4.07. The van der Waals surface area contributed by atoms with Crippen LogP contribution in [0.2, 0.25) is 0 Å². The van der Waals surface area contributed by atoms with Gasteiger partial charge in [-0.05, 0) is 60.6 Å². The summed E-state index contributed by atoms with van der Waals surface area (Å²) in [5.74, 6) is 1.31. The highest BCUT2D eigenvalue weighted by atomic mass is 32.1. The quantitative estimate of drug-likeness (QED) is 0.503. The van der Waals surface area contributed by atoms with Gasteiger partial charge in [0.05, 0.1) is 13.7 Å². The maximum atomic E-state index is 12.3. The highest BCUT2D eigenvalue weighted by Gasteiger charge is 2.08. The number of rotatable bonds is 9. The second-order valence-corrected chi connectivity index (χ2v) is 6.47. The maximum absolute atomic E-state index is 12.3. The smallest absolute Gasteiger partial charge is 0.257 e. The summed E-state index contributed by atoms with van der Waals surface area (Å²) in [6, 6.07) is 14.7. The van der Waals surface area contributed by atoms with Gasteiger partial charge in [0.1, 0.15) is 11.5 Å². The maximum Gasteiger partial charge on any atom is 0.257 e. The first-order valence-electron chi connectivity index (χ1n) is 9.07. The molecule has 0 radical (unpaired) electrons. The molecule has 0 aliphatic rings. The van der Waals surface area contributed by atoms with Gasteiger partial charge in [-0.2, -0.15) is 0 Å². The number of ether oxygens (including phenoxy) is 2. The molecular formula is C21H26N2O3S. The van der Waals surface area contributed by atoms with E-state index in [0.29, 0.717) is 18.7 Å². The first-order chi connectivity index (χ1) is 13.1. The topological polar surface area (TPSA) is 59.6 Å². The van der Waals surface area contributed by atoms with Crippen LogP contribution in [-0.2, 0) is 6.54 Å². The van der Waals surface area contributed by atoms with Gasteiger partial charge >= 0.3 is 0 Å². The van der Waals surface area contributed by atoms with Gasteiger partial charge in [0.15, 0.2) is 5.11 Å². The van der Waals surface area contributed by atoms with Crippen LogP contribution in [0, 0.1) is 0 Å². The van der Waals surface area contributed by atoms with Gasteiger partial charge in [-0.25, -0.2) is 0 Å². The van der Waals surface area contributed by atoms with E-state index < -0.39 is 0 Å². The van der Waals surface area contributed by atoms with Crippen molar-refractivity contribution in [1.29, 1.82) is 0 Å². The molecule has 0 atom stereocenters. The second kappa shape index (κ2) is 11.2. The molecule has 2 aromatic carbocycles. The molecule has 0 heterocycles. The summed E-state index contributed by atoms with van der Waals surface area (Å²) < 4.78 is 10.8. The molecule has 0 saturated heterocycles. The standard InChI is InChI=1S/C21H26N2O3S/c1-3-4-5-14-26-19-12-8-17(9-13-19)20(24)23-21(27)22-15-16-6-10-18(25-2)11-7-16/h6-13H,3-5,14-15H2,1-2H3,(H2,22,23,24,27). The van der Waals surface area contributed by atoms with Gasteiger partial charge in [0, 0.05) is 12.1 Å². The third-order valence-electron chi connectivity index (χ3n) is 3.97. The number of unbranched alkanes of at least 4 members (excludes halogenated alkanes) is 2. The fourth-order valence-corrected chi connectivity index (χ4v) is 2.55. The first-order valence-corrected chi connectivity index (χ1v) is 9.48. The number of carbonyl (C=O) groups excluding carboxylic acids is 1. The van der Waals surface area contributed by atoms with Crippen LogP contribution in [0.4, 0.5) is 0 Å². The van der Waals surface area contributed by atoms with E-state index in [1.165, 1.54) is 0 Å². The van der Waals surface area contributed by atoms with E-state index in [1.54, 1.807) is 31.4 Å². The molecule has 2 aromatic rings. The first kappa shape index (κ1) is 20.7. The summed E-state index contributed by atoms with van der Waals surface area (Å²) >= 11 is 5.19. The molecule has 0 aliphatic carbocycles. The number of carbonyl (C=O) groups is 1. The molecule has 0 unspecified atom stereocenters. The summed E-state index contributed by atoms with van der Waals surface area (Å²) in [4.78, 5) is 12.3. The van der Waals surface area contributed by atoms with Gasteiger partial charge in [-0.3, -0.25) is 10.1 Å². The van der Waals surface area contributed by atoms with E-state index in [2.05, 4.69) is 17.6 Å². The average molecular weight is 387 g/mol. The van der Waals surface area contributed by atoms with Crippen molar-refractivity contribution in [2.24, 2.45) is 0 Å². The predicted molar refractivity (Wildman–Crippen MR) is 111 cm³/mol. The van der Waals surface area contributed by atoms with Crippen molar-refractivity contribution in [1.82, 2.24) is 10.6 Å². The summed E-state index contributed by atoms with van der Waals surface area (Å²) in [7, 11) is 1.63. The van der Waals surface area contributed by atoms with Crippen LogP contribution in [0.5, 0.6) is 11.5 Å². The lowest BCUT2D eigenvalue weighted by Gasteiger charge is -2.11. The Hall–Kier alpha value is -2.60. The molecule has 1 amide bonds. The van der Waals surface area contributed by atoms with Crippen molar-refractivity contribution in [3.05, 3.63) is 59.7 Å². The van der Waals surface area contributed by atoms with Crippen molar-refractivity contribution >= 4 is 23.2 Å². The summed E-state index contributed by atoms with van der Waals surface area (Å²) in [6.45, 7) is 3.37. The lowest BCUT2D eigenvalue weighted by molar-refractivity contribution is 0.0976. The van der Waals surface area contributed by atoms with Gasteiger partial charge in [0.2, 0.25) is 0 Å². The normalized spacial score (nSPS) is 10.1. The fourth-order valence-electron chi connectivity index (χ4n) is 2.39. The Morgan fingerprint density at radius 3 is 2.30 bits per heavy atom. The molecule has 5 nitrogen and oxygen atoms in total. The zero-order chi connectivity index (χ0) is 19.5. The van der Waals surface area contributed by atoms with E-state index >= 15 is 0 Å². The van der Waals surface area contributed by atoms with E-state index in [0.717, 1.165) is 36.3 Å². The van der Waals surface area contributed by atoms with Gasteiger partial charge in [-0.1, -0.05) is 31.9 Å². The van der Waals surface area contributed by atoms with Crippen LogP contribution in [0.25, 0.3) is 0 Å². The van der Waals surface area contributed by atoms with Gasteiger partial charge in [-0.15, -0.1) is 0 Å². The van der Waals surface area contributed by atoms with E-state index in [4.69, 9.17) is 21.7 Å². The lowest BCUT2D eigenvalue weighted by Crippen LogP contribution is -2.38. The molecule has 144 valence electrons. The molecule has 0 aliphatic heterocycles. The minimum absolute atomic E-state index is 0.250. The number of benzene rings is 2. The molecule has 0 aromatic heterocycles. The minimum Gasteiger partial charge on any atom is -0.497 e. The third-order valence-corrected chi connectivity index (χ3v) is 4.22. The number of nitrogens with one attached hydrogen (secondary N) is 2. The van der Waals surface area contributed by atoms with Crippen LogP contribution in [-0.4, -0.2) is 24.7 Å². The zero-order valence-electron chi connectivity index (χ0n) is 15.8. The molecule has 0 bridgehead atoms. The lowest BCUT2D eigenvalue weighted by atomic mass is 10.2. The number of thiocarbonyl (C=S) groups is 1. The van der Waals surface area contributed by atoms with Crippen LogP contribution in [0.3, 0.4) is 0 Å². The third kappa shape index (κ3) is 7.27. The number of hydrogen-bond donors (Lipinski definition) is 2. The molecule has 0 saturated carbocycles. The fraction of sp³-hybridized carbons (Fsp3) is 0.333. The minimum atomic E-state index is -0.250. The second-order valence-electron chi connectivity index (χ2n) is 6.06. The molecule has 2 rings (SSSR count). The van der Waals surface area contributed by atoms with Crippen LogP contribution in [0.1, 0.15) is 42.1 Å². The van der Waals surface area contributed by atoms with Crippen molar-refractivity contribution in [3.63, 3.8) is 0 Å². The van der Waals surface area contributed by atoms with Crippen LogP contribution >= 0.6 is 12.2 Å². The summed E-state index contributed by atoms with van der Waals surface area (Å²) in [5, 5.41) is 5.99. The largest absolute Gasteiger partial charge is 0.497 e. The molecular weight excluding hydrogens is 360 g/mol. The Balaban J connectivity index is 1.76. The van der Waals surface area contributed by atoms with Crippen LogP contribution in [0.15, 0.2) is 48.5 Å². The highest BCUT2D eigenvalue weighted by Crippen LogP contribution is 2.13. The van der Waals surface area contributed by atoms with Crippen molar-refractivity contribution in [3.8, 4) is 11.5 Å². The van der Waals surface area contributed by atoms with Gasteiger partial charge in [0.25, 0.3) is 5.91 Å². The Bertz CT molecular complexity index is 730. The molecule has 6 heteroatoms. The van der Waals surface area contributed by atoms with E-state index in [9.17, 15) is 4.79 Å². The summed E-state index contributed by atoms with van der Waals surface area (Å²) in [5.41, 5.74) is 1.57. The highest BCUT2D eigenvalue weighted by molar-refractivity contribution is 7.80. The Kier molecular flexibility index (Phi) is 8.58. The SMILES string of the molecule is CCCCCOc1ccc(C(=O)NC(=S)NCc2ccc(OC)cc2)cc1.